The second kappa shape index (κ2) is 10.9. The number of halogens is 1. The van der Waals surface area contributed by atoms with E-state index in [4.69, 9.17) is 0 Å². The summed E-state index contributed by atoms with van der Waals surface area (Å²) < 4.78 is 0. The fraction of sp³-hybridized carbons (Fsp3) is 0.476. The molecule has 1 atom stereocenters. The van der Waals surface area contributed by atoms with E-state index in [1.54, 1.807) is 30.3 Å². The van der Waals surface area contributed by atoms with Gasteiger partial charge in [0.25, 0.3) is 0 Å². The number of hydrogen-bond acceptors (Lipinski definition) is 4. The molecule has 3 rings (SSSR count). The lowest BCUT2D eigenvalue weighted by Crippen LogP contribution is -2.46. The van der Waals surface area contributed by atoms with Gasteiger partial charge in [-0.25, -0.2) is 9.98 Å². The van der Waals surface area contributed by atoms with Gasteiger partial charge in [-0.2, -0.15) is 0 Å². The zero-order valence-electron chi connectivity index (χ0n) is 17.5. The van der Waals surface area contributed by atoms with Crippen molar-refractivity contribution in [1.82, 2.24) is 20.5 Å². The fourth-order valence-electron chi connectivity index (χ4n) is 3.36. The van der Waals surface area contributed by atoms with Crippen LogP contribution < -0.4 is 10.6 Å². The topological polar surface area (TPSA) is 69.6 Å². The van der Waals surface area contributed by atoms with E-state index in [1.807, 2.05) is 13.8 Å². The van der Waals surface area contributed by atoms with Crippen LogP contribution in [-0.2, 0) is 24.2 Å². The number of carbonyl (C=O) groups is 1. The first-order valence-corrected chi connectivity index (χ1v) is 10.5. The van der Waals surface area contributed by atoms with Crippen molar-refractivity contribution in [2.24, 2.45) is 4.99 Å². The van der Waals surface area contributed by atoms with Crippen LogP contribution in [0.5, 0.6) is 0 Å². The van der Waals surface area contributed by atoms with Crippen LogP contribution in [0.4, 0.5) is 0 Å². The maximum absolute atomic E-state index is 12.0. The molecule has 0 bridgehead atoms. The van der Waals surface area contributed by atoms with Gasteiger partial charge in [0.1, 0.15) is 6.54 Å². The molecule has 0 saturated carbocycles. The Morgan fingerprint density at radius 1 is 1.28 bits per heavy atom. The summed E-state index contributed by atoms with van der Waals surface area (Å²) >= 11 is 1.69. The molecule has 0 spiro atoms. The highest BCUT2D eigenvalue weighted by Crippen LogP contribution is 2.21. The van der Waals surface area contributed by atoms with Crippen molar-refractivity contribution in [2.45, 2.75) is 45.7 Å². The molecule has 0 saturated heterocycles. The third kappa shape index (κ3) is 6.67. The number of likely N-dealkylation sites (N-methyl/N-ethyl adjacent to an activating group) is 1. The van der Waals surface area contributed by atoms with Crippen LogP contribution in [0, 0.1) is 13.8 Å². The summed E-state index contributed by atoms with van der Waals surface area (Å²) in [6.07, 6.45) is 3.08. The number of nitrogens with zero attached hydrogens (tertiary/aromatic N) is 3. The number of amides is 1. The second-order valence-corrected chi connectivity index (χ2v) is 8.69. The minimum atomic E-state index is -0.0140. The first-order valence-electron chi connectivity index (χ1n) is 9.67. The van der Waals surface area contributed by atoms with E-state index in [9.17, 15) is 4.79 Å². The van der Waals surface area contributed by atoms with Gasteiger partial charge >= 0.3 is 0 Å². The number of aliphatic imine (C=N–C) groups is 1. The number of hydrogen-bond donors (Lipinski definition) is 2. The van der Waals surface area contributed by atoms with Crippen molar-refractivity contribution in [3.63, 3.8) is 0 Å². The van der Waals surface area contributed by atoms with Crippen LogP contribution in [0.3, 0.4) is 0 Å². The van der Waals surface area contributed by atoms with E-state index in [0.717, 1.165) is 30.0 Å². The largest absolute Gasteiger partial charge is 0.353 e. The highest BCUT2D eigenvalue weighted by molar-refractivity contribution is 14.0. The summed E-state index contributed by atoms with van der Waals surface area (Å²) in [5, 5.41) is 8.00. The highest BCUT2D eigenvalue weighted by atomic mass is 127. The van der Waals surface area contributed by atoms with Crippen molar-refractivity contribution >= 4 is 47.2 Å². The molecule has 2 aromatic rings. The number of fused-ring (bicyclic) bond motifs is 1. The van der Waals surface area contributed by atoms with Crippen molar-refractivity contribution in [3.05, 3.63) is 51.0 Å². The molecule has 1 heterocycles. The predicted molar refractivity (Wildman–Crippen MR) is 130 cm³/mol. The van der Waals surface area contributed by atoms with Crippen LogP contribution >= 0.6 is 35.3 Å². The lowest BCUT2D eigenvalue weighted by atomic mass is 9.88. The molecule has 0 fully saturated rings. The molecule has 6 nitrogen and oxygen atoms in total. The molecule has 1 aliphatic rings. The quantitative estimate of drug-likeness (QED) is 0.357. The van der Waals surface area contributed by atoms with Crippen molar-refractivity contribution < 1.29 is 4.79 Å². The predicted octanol–water partition coefficient (Wildman–Crippen LogP) is 3.06. The second-order valence-electron chi connectivity index (χ2n) is 7.40. The molecule has 1 aliphatic carbocycles. The smallest absolute Gasteiger partial charge is 0.243 e. The first kappa shape index (κ1) is 23.6. The zero-order valence-corrected chi connectivity index (χ0v) is 20.6. The Labute approximate surface area is 194 Å². The number of rotatable bonds is 5. The minimum absolute atomic E-state index is 0. The van der Waals surface area contributed by atoms with E-state index in [1.165, 1.54) is 16.0 Å². The molecule has 0 radical (unpaired) electrons. The number of nitrogens with one attached hydrogen (secondary N) is 2. The molecule has 0 aliphatic heterocycles. The molecule has 1 unspecified atom stereocenters. The summed E-state index contributed by atoms with van der Waals surface area (Å²) in [6.45, 7) is 4.83. The van der Waals surface area contributed by atoms with E-state index >= 15 is 0 Å². The monoisotopic (exact) mass is 527 g/mol. The van der Waals surface area contributed by atoms with Gasteiger partial charge in [-0.05, 0) is 44.2 Å². The van der Waals surface area contributed by atoms with Crippen LogP contribution in [-0.4, -0.2) is 48.4 Å². The average Bonchev–Trinajstić information content (AvgIpc) is 3.00. The number of carbonyl (C=O) groups excluding carboxylic acids is 1. The Hall–Kier alpha value is -1.68. The van der Waals surface area contributed by atoms with Gasteiger partial charge in [-0.15, -0.1) is 35.3 Å². The Morgan fingerprint density at radius 3 is 2.66 bits per heavy atom. The lowest BCUT2D eigenvalue weighted by Gasteiger charge is -2.27. The van der Waals surface area contributed by atoms with Gasteiger partial charge in [-0.3, -0.25) is 4.79 Å². The Balaban J connectivity index is 0.00000300. The first-order chi connectivity index (χ1) is 13.4. The summed E-state index contributed by atoms with van der Waals surface area (Å²) in [6, 6.07) is 8.92. The highest BCUT2D eigenvalue weighted by Gasteiger charge is 2.19. The Bertz CT molecular complexity index is 865. The summed E-state index contributed by atoms with van der Waals surface area (Å²) in [7, 11) is 3.50. The van der Waals surface area contributed by atoms with Crippen molar-refractivity contribution in [3.8, 4) is 0 Å². The molecule has 2 N–H and O–H groups in total. The van der Waals surface area contributed by atoms with Crippen LogP contribution in [0.2, 0.25) is 0 Å². The number of aromatic nitrogens is 1. The van der Waals surface area contributed by atoms with E-state index in [-0.39, 0.29) is 36.4 Å². The van der Waals surface area contributed by atoms with Crippen molar-refractivity contribution in [2.75, 3.05) is 20.6 Å². The van der Waals surface area contributed by atoms with Gasteiger partial charge in [0.05, 0.1) is 17.2 Å². The summed E-state index contributed by atoms with van der Waals surface area (Å²) in [5.41, 5.74) is 3.87. The normalized spacial score (nSPS) is 15.9. The maximum Gasteiger partial charge on any atom is 0.243 e. The number of aryl methyl sites for hydroxylation is 3. The molecular weight excluding hydrogens is 497 g/mol. The van der Waals surface area contributed by atoms with Gasteiger partial charge in [0, 0.05) is 25.0 Å². The SMILES string of the molecule is Cc1nc(C)c(CNC(=NCC(=O)N(C)C)NC2CCc3ccccc3C2)s1.I. The van der Waals surface area contributed by atoms with Gasteiger partial charge in [-0.1, -0.05) is 24.3 Å². The van der Waals surface area contributed by atoms with E-state index in [2.05, 4.69) is 44.9 Å². The lowest BCUT2D eigenvalue weighted by molar-refractivity contribution is -0.127. The van der Waals surface area contributed by atoms with Gasteiger partial charge in [0.15, 0.2) is 5.96 Å². The number of guanidine groups is 1. The third-order valence-electron chi connectivity index (χ3n) is 4.97. The Kier molecular flexibility index (Phi) is 8.88. The molecule has 8 heteroatoms. The summed E-state index contributed by atoms with van der Waals surface area (Å²) in [4.78, 5) is 23.8. The van der Waals surface area contributed by atoms with Crippen LogP contribution in [0.1, 0.15) is 33.1 Å². The molecule has 1 aromatic heterocycles. The summed E-state index contributed by atoms with van der Waals surface area (Å²) in [5.74, 6) is 0.671. The van der Waals surface area contributed by atoms with E-state index in [0.29, 0.717) is 18.5 Å². The molecular formula is C21H30IN5OS. The van der Waals surface area contributed by atoms with Crippen LogP contribution in [0.15, 0.2) is 29.3 Å². The minimum Gasteiger partial charge on any atom is -0.353 e. The van der Waals surface area contributed by atoms with Gasteiger partial charge < -0.3 is 15.5 Å². The Morgan fingerprint density at radius 2 is 2.00 bits per heavy atom. The van der Waals surface area contributed by atoms with Crippen LogP contribution in [0.25, 0.3) is 0 Å². The third-order valence-corrected chi connectivity index (χ3v) is 6.05. The van der Waals surface area contributed by atoms with E-state index < -0.39 is 0 Å². The maximum atomic E-state index is 12.0. The van der Waals surface area contributed by atoms with Crippen molar-refractivity contribution in [1.29, 1.82) is 0 Å². The molecule has 1 aromatic carbocycles. The fourth-order valence-corrected chi connectivity index (χ4v) is 4.23. The average molecular weight is 527 g/mol. The molecule has 158 valence electrons. The van der Waals surface area contributed by atoms with Gasteiger partial charge in [0.2, 0.25) is 5.91 Å². The zero-order chi connectivity index (χ0) is 20.1. The number of thiazole rings is 1. The molecule has 1 amide bonds. The standard InChI is InChI=1S/C21H29N5OS.HI/c1-14-19(28-15(2)24-14)12-22-21(23-13-20(27)26(3)4)25-18-10-9-16-7-5-6-8-17(16)11-18;/h5-8,18H,9-13H2,1-4H3,(H2,22,23,25);1H. The number of benzene rings is 1. The molecule has 29 heavy (non-hydrogen) atoms.